The summed E-state index contributed by atoms with van der Waals surface area (Å²) in [6.07, 6.45) is 0. The average Bonchev–Trinajstić information content (AvgIpc) is 2.84. The average molecular weight is 486 g/mol. The van der Waals surface area contributed by atoms with Crippen molar-refractivity contribution >= 4 is 5.69 Å². The fourth-order valence-electron chi connectivity index (χ4n) is 3.52. The van der Waals surface area contributed by atoms with E-state index in [-0.39, 0.29) is 39.8 Å². The van der Waals surface area contributed by atoms with Gasteiger partial charge in [0.2, 0.25) is 11.5 Å². The highest BCUT2D eigenvalue weighted by molar-refractivity contribution is 5.62. The van der Waals surface area contributed by atoms with Gasteiger partial charge in [0.25, 0.3) is 5.69 Å². The number of nitrogens with zero attached hydrogens (tertiary/aromatic N) is 1. The van der Waals surface area contributed by atoms with Crippen molar-refractivity contribution < 1.29 is 24.2 Å². The first kappa shape index (κ1) is 24.6. The van der Waals surface area contributed by atoms with E-state index in [0.29, 0.717) is 11.5 Å². The van der Waals surface area contributed by atoms with Gasteiger partial charge in [-0.2, -0.15) is 0 Å². The molecule has 0 spiro atoms. The largest absolute Gasteiger partial charge is 0.504 e. The van der Waals surface area contributed by atoms with E-state index in [4.69, 9.17) is 14.2 Å². The molecule has 4 aromatic rings. The Morgan fingerprint density at radius 3 is 2.14 bits per heavy atom. The molecule has 0 aliphatic rings. The Balaban J connectivity index is 1.78. The highest BCUT2D eigenvalue weighted by atomic mass is 16.6. The molecule has 0 aromatic heterocycles. The second kappa shape index (κ2) is 10.00. The SMILES string of the molecule is Cc1ccccc1Oc1c(O)ccc(Oc2cccc([N+](=O)[O-])c2)c1Oc1ccc(C(C)(C)C)cc1. The third kappa shape index (κ3) is 5.58. The highest BCUT2D eigenvalue weighted by Gasteiger charge is 2.22. The number of nitro groups is 1. The molecule has 1 N–H and O–H groups in total. The number of rotatable bonds is 7. The minimum atomic E-state index is -0.495. The van der Waals surface area contributed by atoms with Crippen LogP contribution in [0.4, 0.5) is 5.69 Å². The van der Waals surface area contributed by atoms with Crippen LogP contribution in [0, 0.1) is 17.0 Å². The van der Waals surface area contributed by atoms with Crippen molar-refractivity contribution in [2.24, 2.45) is 0 Å². The zero-order valence-corrected chi connectivity index (χ0v) is 20.5. The summed E-state index contributed by atoms with van der Waals surface area (Å²) in [4.78, 5) is 10.7. The van der Waals surface area contributed by atoms with E-state index in [9.17, 15) is 15.2 Å². The number of benzene rings is 4. The van der Waals surface area contributed by atoms with Crippen LogP contribution in [0.1, 0.15) is 31.9 Å². The highest BCUT2D eigenvalue weighted by Crippen LogP contribution is 2.49. The van der Waals surface area contributed by atoms with Gasteiger partial charge >= 0.3 is 0 Å². The molecule has 184 valence electrons. The van der Waals surface area contributed by atoms with Gasteiger partial charge in [-0.05, 0) is 59.9 Å². The molecule has 0 saturated heterocycles. The molecule has 0 unspecified atom stereocenters. The van der Waals surface area contributed by atoms with Crippen molar-refractivity contribution in [1.29, 1.82) is 0 Å². The van der Waals surface area contributed by atoms with Crippen molar-refractivity contribution in [1.82, 2.24) is 0 Å². The zero-order chi connectivity index (χ0) is 25.9. The Morgan fingerprint density at radius 1 is 0.750 bits per heavy atom. The van der Waals surface area contributed by atoms with E-state index < -0.39 is 4.92 Å². The molecule has 0 amide bonds. The van der Waals surface area contributed by atoms with Crippen molar-refractivity contribution in [3.63, 3.8) is 0 Å². The van der Waals surface area contributed by atoms with Gasteiger partial charge in [-0.15, -0.1) is 0 Å². The van der Waals surface area contributed by atoms with Crippen molar-refractivity contribution in [3.05, 3.63) is 106 Å². The van der Waals surface area contributed by atoms with Crippen molar-refractivity contribution in [2.45, 2.75) is 33.1 Å². The Morgan fingerprint density at radius 2 is 1.47 bits per heavy atom. The molecule has 4 aromatic carbocycles. The molecule has 0 aliphatic heterocycles. The molecule has 7 nitrogen and oxygen atoms in total. The minimum Gasteiger partial charge on any atom is -0.504 e. The number of phenols is 1. The lowest BCUT2D eigenvalue weighted by molar-refractivity contribution is -0.384. The minimum absolute atomic E-state index is 0.0288. The molecule has 0 fully saturated rings. The third-order valence-corrected chi connectivity index (χ3v) is 5.56. The van der Waals surface area contributed by atoms with Crippen LogP contribution in [0.3, 0.4) is 0 Å². The molecule has 0 heterocycles. The lowest BCUT2D eigenvalue weighted by Crippen LogP contribution is -2.10. The van der Waals surface area contributed by atoms with Gasteiger partial charge in [-0.3, -0.25) is 10.1 Å². The van der Waals surface area contributed by atoms with E-state index in [0.717, 1.165) is 11.1 Å². The Labute approximate surface area is 209 Å². The van der Waals surface area contributed by atoms with Gasteiger partial charge in [0.15, 0.2) is 11.5 Å². The molecule has 0 bridgehead atoms. The first-order valence-corrected chi connectivity index (χ1v) is 11.4. The summed E-state index contributed by atoms with van der Waals surface area (Å²) in [7, 11) is 0. The molecule has 0 aliphatic carbocycles. The van der Waals surface area contributed by atoms with Crippen molar-refractivity contribution in [2.75, 3.05) is 0 Å². The van der Waals surface area contributed by atoms with E-state index in [1.54, 1.807) is 12.1 Å². The van der Waals surface area contributed by atoms with E-state index in [1.807, 2.05) is 49.4 Å². The molecule has 0 atom stereocenters. The summed E-state index contributed by atoms with van der Waals surface area (Å²) >= 11 is 0. The maximum absolute atomic E-state index is 11.2. The number of ether oxygens (including phenoxy) is 3. The van der Waals surface area contributed by atoms with Crippen LogP contribution in [0.25, 0.3) is 0 Å². The Hall–Kier alpha value is -4.52. The Kier molecular flexibility index (Phi) is 6.83. The number of para-hydroxylation sites is 1. The quantitative estimate of drug-likeness (QED) is 0.209. The number of non-ortho nitro benzene ring substituents is 1. The number of nitro benzene ring substituents is 1. The summed E-state index contributed by atoms with van der Waals surface area (Å²) in [5, 5.41) is 21.9. The van der Waals surface area contributed by atoms with Gasteiger partial charge in [0.1, 0.15) is 17.2 Å². The van der Waals surface area contributed by atoms with E-state index in [1.165, 1.54) is 30.3 Å². The van der Waals surface area contributed by atoms with Crippen LogP contribution in [-0.4, -0.2) is 10.0 Å². The summed E-state index contributed by atoms with van der Waals surface area (Å²) in [6.45, 7) is 8.26. The molecular formula is C29H27NO6. The first-order chi connectivity index (χ1) is 17.1. The fraction of sp³-hybridized carbons (Fsp3) is 0.172. The normalized spacial score (nSPS) is 11.1. The number of hydrogen-bond donors (Lipinski definition) is 1. The van der Waals surface area contributed by atoms with Crippen LogP contribution in [-0.2, 0) is 5.41 Å². The van der Waals surface area contributed by atoms with Gasteiger partial charge in [-0.25, -0.2) is 0 Å². The van der Waals surface area contributed by atoms with Crippen LogP contribution in [0.2, 0.25) is 0 Å². The van der Waals surface area contributed by atoms with E-state index >= 15 is 0 Å². The molecule has 36 heavy (non-hydrogen) atoms. The monoisotopic (exact) mass is 485 g/mol. The van der Waals surface area contributed by atoms with Crippen LogP contribution < -0.4 is 14.2 Å². The topological polar surface area (TPSA) is 91.1 Å². The maximum Gasteiger partial charge on any atom is 0.273 e. The van der Waals surface area contributed by atoms with E-state index in [2.05, 4.69) is 20.8 Å². The van der Waals surface area contributed by atoms with Crippen molar-refractivity contribution in [3.8, 4) is 40.2 Å². The number of phenolic OH excluding ortho intramolecular Hbond substituents is 1. The summed E-state index contributed by atoms with van der Waals surface area (Å²) < 4.78 is 18.3. The molecular weight excluding hydrogens is 458 g/mol. The van der Waals surface area contributed by atoms with Gasteiger partial charge < -0.3 is 19.3 Å². The smallest absolute Gasteiger partial charge is 0.273 e. The second-order valence-electron chi connectivity index (χ2n) is 9.34. The van der Waals surface area contributed by atoms with Gasteiger partial charge in [0.05, 0.1) is 11.0 Å². The fourth-order valence-corrected chi connectivity index (χ4v) is 3.52. The zero-order valence-electron chi connectivity index (χ0n) is 20.5. The lowest BCUT2D eigenvalue weighted by Gasteiger charge is -2.20. The summed E-state index contributed by atoms with van der Waals surface area (Å²) in [5.74, 6) is 1.55. The number of aromatic hydroxyl groups is 1. The second-order valence-corrected chi connectivity index (χ2v) is 9.34. The maximum atomic E-state index is 11.2. The predicted octanol–water partition coefficient (Wildman–Crippen LogP) is 8.28. The first-order valence-electron chi connectivity index (χ1n) is 11.4. The van der Waals surface area contributed by atoms with Crippen LogP contribution in [0.5, 0.6) is 40.2 Å². The number of aryl methyl sites for hydroxylation is 1. The molecule has 4 rings (SSSR count). The molecule has 0 radical (unpaired) electrons. The lowest BCUT2D eigenvalue weighted by atomic mass is 9.87. The predicted molar refractivity (Wildman–Crippen MR) is 138 cm³/mol. The number of hydrogen-bond acceptors (Lipinski definition) is 6. The molecule has 0 saturated carbocycles. The summed E-state index contributed by atoms with van der Waals surface area (Å²) in [5.41, 5.74) is 1.86. The van der Waals surface area contributed by atoms with Gasteiger partial charge in [-0.1, -0.05) is 57.2 Å². The standard InChI is InChI=1S/C29H27NO6/c1-19-8-5-6-11-25(19)36-27-24(31)16-17-26(34-23-10-7-9-21(18-23)30(32)33)28(27)35-22-14-12-20(13-15-22)29(2,3)4/h5-18,31H,1-4H3. The molecule has 7 heteroatoms. The van der Waals surface area contributed by atoms with Crippen LogP contribution in [0.15, 0.2) is 84.9 Å². The third-order valence-electron chi connectivity index (χ3n) is 5.56. The van der Waals surface area contributed by atoms with Gasteiger partial charge in [0, 0.05) is 6.07 Å². The summed E-state index contributed by atoms with van der Waals surface area (Å²) in [6, 6.07) is 23.8. The Bertz CT molecular complexity index is 1390. The van der Waals surface area contributed by atoms with Crippen LogP contribution >= 0.6 is 0 Å².